The standard InChI is InChI=1S/C14H20FNO2/c1-3-4-5-13(16-10(2)14(17)18)11-6-8-12(15)9-7-11/h6-10,13,16H,3-5H2,1-2H3,(H,17,18). The van der Waals surface area contributed by atoms with E-state index in [0.29, 0.717) is 0 Å². The van der Waals surface area contributed by atoms with Crippen LogP contribution in [-0.2, 0) is 4.79 Å². The molecule has 0 saturated carbocycles. The van der Waals surface area contributed by atoms with E-state index in [9.17, 15) is 9.18 Å². The average molecular weight is 253 g/mol. The van der Waals surface area contributed by atoms with Crippen molar-refractivity contribution in [3.8, 4) is 0 Å². The van der Waals surface area contributed by atoms with Gasteiger partial charge in [-0.05, 0) is 31.0 Å². The number of hydrogen-bond acceptors (Lipinski definition) is 2. The Bertz CT molecular complexity index is 378. The predicted octanol–water partition coefficient (Wildman–Crippen LogP) is 3.12. The fourth-order valence-corrected chi connectivity index (χ4v) is 1.82. The fraction of sp³-hybridized carbons (Fsp3) is 0.500. The van der Waals surface area contributed by atoms with Crippen molar-refractivity contribution in [3.63, 3.8) is 0 Å². The molecule has 0 aliphatic heterocycles. The second kappa shape index (κ2) is 7.11. The molecule has 0 amide bonds. The summed E-state index contributed by atoms with van der Waals surface area (Å²) in [5, 5.41) is 12.0. The number of nitrogens with one attached hydrogen (secondary N) is 1. The summed E-state index contributed by atoms with van der Waals surface area (Å²) >= 11 is 0. The van der Waals surface area contributed by atoms with Crippen molar-refractivity contribution >= 4 is 5.97 Å². The lowest BCUT2D eigenvalue weighted by atomic mass is 10.00. The van der Waals surface area contributed by atoms with Crippen LogP contribution in [0.2, 0.25) is 0 Å². The Labute approximate surface area is 107 Å². The minimum atomic E-state index is -0.876. The number of benzene rings is 1. The monoisotopic (exact) mass is 253 g/mol. The van der Waals surface area contributed by atoms with Gasteiger partial charge >= 0.3 is 5.97 Å². The van der Waals surface area contributed by atoms with E-state index in [-0.39, 0.29) is 11.9 Å². The SMILES string of the molecule is CCCCC(NC(C)C(=O)O)c1ccc(F)cc1. The molecule has 0 heterocycles. The number of carbonyl (C=O) groups is 1. The van der Waals surface area contributed by atoms with Gasteiger partial charge < -0.3 is 5.11 Å². The minimum absolute atomic E-state index is 0.0448. The maximum absolute atomic E-state index is 12.9. The van der Waals surface area contributed by atoms with E-state index in [0.717, 1.165) is 24.8 Å². The first kappa shape index (κ1) is 14.6. The molecule has 0 bridgehead atoms. The number of unbranched alkanes of at least 4 members (excludes halogenated alkanes) is 1. The molecule has 0 aliphatic rings. The molecule has 1 aromatic rings. The summed E-state index contributed by atoms with van der Waals surface area (Å²) in [5.41, 5.74) is 0.929. The molecule has 3 nitrogen and oxygen atoms in total. The number of rotatable bonds is 7. The zero-order chi connectivity index (χ0) is 13.5. The Balaban J connectivity index is 2.76. The Morgan fingerprint density at radius 3 is 2.50 bits per heavy atom. The second-order valence-corrected chi connectivity index (χ2v) is 4.47. The van der Waals surface area contributed by atoms with Gasteiger partial charge in [-0.3, -0.25) is 10.1 Å². The van der Waals surface area contributed by atoms with E-state index in [1.165, 1.54) is 12.1 Å². The van der Waals surface area contributed by atoms with Crippen molar-refractivity contribution in [1.29, 1.82) is 0 Å². The number of carboxylic acid groups (broad SMARTS) is 1. The lowest BCUT2D eigenvalue weighted by Crippen LogP contribution is -2.36. The topological polar surface area (TPSA) is 49.3 Å². The van der Waals surface area contributed by atoms with Crippen molar-refractivity contribution in [2.24, 2.45) is 0 Å². The van der Waals surface area contributed by atoms with Crippen LogP contribution < -0.4 is 5.32 Å². The van der Waals surface area contributed by atoms with Crippen LogP contribution in [0, 0.1) is 5.82 Å². The van der Waals surface area contributed by atoms with Crippen LogP contribution in [0.3, 0.4) is 0 Å². The first-order chi connectivity index (χ1) is 8.54. The van der Waals surface area contributed by atoms with Gasteiger partial charge in [-0.25, -0.2) is 4.39 Å². The summed E-state index contributed by atoms with van der Waals surface area (Å²) in [6, 6.07) is 5.56. The highest BCUT2D eigenvalue weighted by Crippen LogP contribution is 2.20. The molecule has 100 valence electrons. The van der Waals surface area contributed by atoms with E-state index < -0.39 is 12.0 Å². The molecule has 4 heteroatoms. The van der Waals surface area contributed by atoms with Gasteiger partial charge in [0.05, 0.1) is 0 Å². The first-order valence-corrected chi connectivity index (χ1v) is 6.29. The Morgan fingerprint density at radius 1 is 1.39 bits per heavy atom. The average Bonchev–Trinajstić information content (AvgIpc) is 2.35. The van der Waals surface area contributed by atoms with Crippen LogP contribution in [0.15, 0.2) is 24.3 Å². The summed E-state index contributed by atoms with van der Waals surface area (Å²) in [7, 11) is 0. The van der Waals surface area contributed by atoms with E-state index in [4.69, 9.17) is 5.11 Å². The van der Waals surface area contributed by atoms with Crippen molar-refractivity contribution in [3.05, 3.63) is 35.6 Å². The molecule has 1 aromatic carbocycles. The van der Waals surface area contributed by atoms with Crippen molar-refractivity contribution < 1.29 is 14.3 Å². The molecule has 2 unspecified atom stereocenters. The quantitative estimate of drug-likeness (QED) is 0.785. The zero-order valence-corrected chi connectivity index (χ0v) is 10.8. The van der Waals surface area contributed by atoms with Crippen LogP contribution in [0.5, 0.6) is 0 Å². The highest BCUT2D eigenvalue weighted by atomic mass is 19.1. The lowest BCUT2D eigenvalue weighted by molar-refractivity contribution is -0.139. The lowest BCUT2D eigenvalue weighted by Gasteiger charge is -2.21. The molecule has 0 aliphatic carbocycles. The van der Waals surface area contributed by atoms with Gasteiger partial charge in [0.1, 0.15) is 11.9 Å². The molecule has 0 radical (unpaired) electrons. The van der Waals surface area contributed by atoms with Gasteiger partial charge in [0, 0.05) is 6.04 Å². The van der Waals surface area contributed by atoms with E-state index in [2.05, 4.69) is 12.2 Å². The molecular weight excluding hydrogens is 233 g/mol. The number of hydrogen-bond donors (Lipinski definition) is 2. The minimum Gasteiger partial charge on any atom is -0.480 e. The van der Waals surface area contributed by atoms with Crippen molar-refractivity contribution in [2.45, 2.75) is 45.2 Å². The summed E-state index contributed by atoms with van der Waals surface area (Å²) in [6.45, 7) is 3.70. The largest absolute Gasteiger partial charge is 0.480 e. The van der Waals surface area contributed by atoms with E-state index in [1.54, 1.807) is 19.1 Å². The third kappa shape index (κ3) is 4.45. The molecule has 2 atom stereocenters. The van der Waals surface area contributed by atoms with Gasteiger partial charge in [-0.15, -0.1) is 0 Å². The Hall–Kier alpha value is -1.42. The normalized spacial score (nSPS) is 14.2. The summed E-state index contributed by atoms with van der Waals surface area (Å²) < 4.78 is 12.9. The van der Waals surface area contributed by atoms with Gasteiger partial charge in [-0.1, -0.05) is 31.9 Å². The van der Waals surface area contributed by atoms with Crippen molar-refractivity contribution in [1.82, 2.24) is 5.32 Å². The highest BCUT2D eigenvalue weighted by Gasteiger charge is 2.18. The highest BCUT2D eigenvalue weighted by molar-refractivity contribution is 5.72. The molecular formula is C14H20FNO2. The Morgan fingerprint density at radius 2 is 2.00 bits per heavy atom. The first-order valence-electron chi connectivity index (χ1n) is 6.29. The maximum Gasteiger partial charge on any atom is 0.320 e. The smallest absolute Gasteiger partial charge is 0.320 e. The molecule has 18 heavy (non-hydrogen) atoms. The van der Waals surface area contributed by atoms with E-state index in [1.807, 2.05) is 0 Å². The molecule has 0 saturated heterocycles. The van der Waals surface area contributed by atoms with Gasteiger partial charge in [0.15, 0.2) is 0 Å². The molecule has 0 spiro atoms. The maximum atomic E-state index is 12.9. The van der Waals surface area contributed by atoms with Crippen LogP contribution in [0.1, 0.15) is 44.7 Å². The predicted molar refractivity (Wildman–Crippen MR) is 68.9 cm³/mol. The van der Waals surface area contributed by atoms with Gasteiger partial charge in [0.25, 0.3) is 0 Å². The van der Waals surface area contributed by atoms with Crippen LogP contribution in [0.25, 0.3) is 0 Å². The zero-order valence-electron chi connectivity index (χ0n) is 10.8. The summed E-state index contributed by atoms with van der Waals surface area (Å²) in [6.07, 6.45) is 2.89. The van der Waals surface area contributed by atoms with Crippen molar-refractivity contribution in [2.75, 3.05) is 0 Å². The van der Waals surface area contributed by atoms with Gasteiger partial charge in [0.2, 0.25) is 0 Å². The molecule has 0 fully saturated rings. The summed E-state index contributed by atoms with van der Waals surface area (Å²) in [5.74, 6) is -1.15. The second-order valence-electron chi connectivity index (χ2n) is 4.47. The fourth-order valence-electron chi connectivity index (χ4n) is 1.82. The molecule has 2 N–H and O–H groups in total. The van der Waals surface area contributed by atoms with Crippen LogP contribution in [0.4, 0.5) is 4.39 Å². The third-order valence-corrected chi connectivity index (χ3v) is 2.94. The molecule has 0 aromatic heterocycles. The number of aliphatic carboxylic acids is 1. The number of halogens is 1. The third-order valence-electron chi connectivity index (χ3n) is 2.94. The van der Waals surface area contributed by atoms with Crippen LogP contribution in [-0.4, -0.2) is 17.1 Å². The van der Waals surface area contributed by atoms with Gasteiger partial charge in [-0.2, -0.15) is 0 Å². The van der Waals surface area contributed by atoms with E-state index >= 15 is 0 Å². The summed E-state index contributed by atoms with van der Waals surface area (Å²) in [4.78, 5) is 10.9. The van der Waals surface area contributed by atoms with Crippen LogP contribution >= 0.6 is 0 Å². The molecule has 1 rings (SSSR count). The number of carboxylic acids is 1. The Kier molecular flexibility index (Phi) is 5.78.